The van der Waals surface area contributed by atoms with E-state index in [0.29, 0.717) is 11.8 Å². The highest BCUT2D eigenvalue weighted by Gasteiger charge is 2.29. The Morgan fingerprint density at radius 1 is 1.21 bits per heavy atom. The molecule has 2 heterocycles. The maximum Gasteiger partial charge on any atom is 0.235 e. The number of thioether (sulfide) groups is 1. The molecule has 0 aliphatic carbocycles. The van der Waals surface area contributed by atoms with Crippen LogP contribution in [0.15, 0.2) is 29.3 Å². The average molecular weight is 343 g/mol. The molecule has 1 amide bonds. The van der Waals surface area contributed by atoms with Gasteiger partial charge in [-0.1, -0.05) is 43.8 Å². The third kappa shape index (κ3) is 3.72. The Balaban J connectivity index is 1.79. The quantitative estimate of drug-likeness (QED) is 0.626. The van der Waals surface area contributed by atoms with Crippen molar-refractivity contribution in [2.24, 2.45) is 11.8 Å². The fourth-order valence-corrected chi connectivity index (χ4v) is 4.64. The van der Waals surface area contributed by atoms with Gasteiger partial charge in [0.1, 0.15) is 10.9 Å². The van der Waals surface area contributed by atoms with Crippen molar-refractivity contribution in [1.82, 2.24) is 14.9 Å². The molecule has 1 aromatic carbocycles. The second-order valence-corrected chi connectivity index (χ2v) is 8.37. The summed E-state index contributed by atoms with van der Waals surface area (Å²) in [5.41, 5.74) is 0.937. The molecule has 3 rings (SSSR count). The first-order chi connectivity index (χ1) is 11.4. The first-order valence-electron chi connectivity index (χ1n) is 8.63. The lowest BCUT2D eigenvalue weighted by atomic mass is 9.92. The number of aromatic nitrogens is 2. The number of carbonyl (C=O) groups is 1. The lowest BCUT2D eigenvalue weighted by Gasteiger charge is -2.36. The Labute approximate surface area is 148 Å². The van der Waals surface area contributed by atoms with Crippen molar-refractivity contribution >= 4 is 28.6 Å². The van der Waals surface area contributed by atoms with Crippen LogP contribution in [-0.4, -0.2) is 39.1 Å². The number of piperidine rings is 1. The van der Waals surface area contributed by atoms with E-state index < -0.39 is 0 Å². The van der Waals surface area contributed by atoms with Crippen LogP contribution in [0.1, 0.15) is 33.0 Å². The number of benzene rings is 1. The van der Waals surface area contributed by atoms with E-state index in [-0.39, 0.29) is 11.2 Å². The molecule has 0 saturated carbocycles. The van der Waals surface area contributed by atoms with E-state index in [4.69, 9.17) is 0 Å². The molecule has 0 N–H and O–H groups in total. The largest absolute Gasteiger partial charge is 0.341 e. The van der Waals surface area contributed by atoms with Crippen molar-refractivity contribution in [2.45, 2.75) is 44.4 Å². The monoisotopic (exact) mass is 343 g/mol. The summed E-state index contributed by atoms with van der Waals surface area (Å²) in [4.78, 5) is 24.0. The highest BCUT2D eigenvalue weighted by Crippen LogP contribution is 2.30. The molecular weight excluding hydrogens is 318 g/mol. The Kier molecular flexibility index (Phi) is 5.09. The highest BCUT2D eigenvalue weighted by atomic mass is 32.2. The summed E-state index contributed by atoms with van der Waals surface area (Å²) in [5.74, 6) is 2.13. The minimum absolute atomic E-state index is 0.139. The first kappa shape index (κ1) is 17.2. The zero-order valence-corrected chi connectivity index (χ0v) is 15.6. The smallest absolute Gasteiger partial charge is 0.235 e. The maximum atomic E-state index is 12.9. The number of amides is 1. The SMILES string of the molecule is Cc1nc(SC(C)C(=O)N2CC(C)CC(C)C2)c2ccccc2n1. The number of hydrogen-bond donors (Lipinski definition) is 0. The Bertz CT molecular complexity index is 738. The molecule has 1 aliphatic heterocycles. The van der Waals surface area contributed by atoms with Gasteiger partial charge >= 0.3 is 0 Å². The molecule has 24 heavy (non-hydrogen) atoms. The zero-order chi connectivity index (χ0) is 17.3. The zero-order valence-electron chi connectivity index (χ0n) is 14.8. The fourth-order valence-electron chi connectivity index (χ4n) is 3.57. The van der Waals surface area contributed by atoms with E-state index in [0.717, 1.165) is 34.8 Å². The van der Waals surface area contributed by atoms with E-state index in [9.17, 15) is 4.79 Å². The lowest BCUT2D eigenvalue weighted by Crippen LogP contribution is -2.45. The predicted octanol–water partition coefficient (Wildman–Crippen LogP) is 3.92. The molecule has 2 aromatic rings. The molecule has 1 fully saturated rings. The number of hydrogen-bond acceptors (Lipinski definition) is 4. The molecule has 0 bridgehead atoms. The maximum absolute atomic E-state index is 12.9. The van der Waals surface area contributed by atoms with Crippen molar-refractivity contribution in [3.05, 3.63) is 30.1 Å². The molecular formula is C19H25N3OS. The number of carbonyl (C=O) groups excluding carboxylic acids is 1. The van der Waals surface area contributed by atoms with Crippen LogP contribution in [0.4, 0.5) is 0 Å². The van der Waals surface area contributed by atoms with Gasteiger partial charge in [-0.15, -0.1) is 0 Å². The molecule has 3 atom stereocenters. The first-order valence-corrected chi connectivity index (χ1v) is 9.51. The van der Waals surface area contributed by atoms with Gasteiger partial charge in [0, 0.05) is 18.5 Å². The van der Waals surface area contributed by atoms with Crippen molar-refractivity contribution < 1.29 is 4.79 Å². The van der Waals surface area contributed by atoms with Crippen LogP contribution >= 0.6 is 11.8 Å². The normalized spacial score (nSPS) is 22.6. The summed E-state index contributed by atoms with van der Waals surface area (Å²) < 4.78 is 0. The lowest BCUT2D eigenvalue weighted by molar-refractivity contribution is -0.132. The molecule has 4 nitrogen and oxygen atoms in total. The van der Waals surface area contributed by atoms with Crippen LogP contribution in [0.2, 0.25) is 0 Å². The molecule has 1 aromatic heterocycles. The number of likely N-dealkylation sites (tertiary alicyclic amines) is 1. The Hall–Kier alpha value is -1.62. The summed E-state index contributed by atoms with van der Waals surface area (Å²) in [6.07, 6.45) is 1.21. The number of rotatable bonds is 3. The molecule has 128 valence electrons. The topological polar surface area (TPSA) is 46.1 Å². The van der Waals surface area contributed by atoms with Crippen molar-refractivity contribution in [1.29, 1.82) is 0 Å². The van der Waals surface area contributed by atoms with Crippen LogP contribution in [0.3, 0.4) is 0 Å². The Morgan fingerprint density at radius 3 is 2.58 bits per heavy atom. The van der Waals surface area contributed by atoms with Gasteiger partial charge in [-0.2, -0.15) is 0 Å². The van der Waals surface area contributed by atoms with Crippen molar-refractivity contribution in [3.8, 4) is 0 Å². The van der Waals surface area contributed by atoms with Gasteiger partial charge in [-0.25, -0.2) is 9.97 Å². The highest BCUT2D eigenvalue weighted by molar-refractivity contribution is 8.00. The second kappa shape index (κ2) is 7.09. The van der Waals surface area contributed by atoms with Crippen molar-refractivity contribution in [2.75, 3.05) is 13.1 Å². The summed E-state index contributed by atoms with van der Waals surface area (Å²) >= 11 is 1.55. The standard InChI is InChI=1S/C19H25N3OS/c1-12-9-13(2)11-22(10-12)19(23)14(3)24-18-16-7-5-6-8-17(16)20-15(4)21-18/h5-8,12-14H,9-11H2,1-4H3. The van der Waals surface area contributed by atoms with E-state index in [1.54, 1.807) is 11.8 Å². The van der Waals surface area contributed by atoms with Gasteiger partial charge < -0.3 is 4.90 Å². The van der Waals surface area contributed by atoms with E-state index in [1.165, 1.54) is 6.42 Å². The number of aryl methyl sites for hydroxylation is 1. The van der Waals surface area contributed by atoms with Crippen molar-refractivity contribution in [3.63, 3.8) is 0 Å². The molecule has 0 spiro atoms. The molecule has 5 heteroatoms. The van der Waals surface area contributed by atoms with E-state index in [2.05, 4.69) is 23.8 Å². The predicted molar refractivity (Wildman–Crippen MR) is 99.1 cm³/mol. The summed E-state index contributed by atoms with van der Waals surface area (Å²) in [7, 11) is 0. The fraction of sp³-hybridized carbons (Fsp3) is 0.526. The molecule has 1 aliphatic rings. The number of nitrogens with zero attached hydrogens (tertiary/aromatic N) is 3. The van der Waals surface area contributed by atoms with Crippen LogP contribution in [0, 0.1) is 18.8 Å². The molecule has 3 unspecified atom stereocenters. The van der Waals surface area contributed by atoms with Crippen LogP contribution < -0.4 is 0 Å². The molecule has 0 radical (unpaired) electrons. The van der Waals surface area contributed by atoms with Gasteiger partial charge in [0.05, 0.1) is 10.8 Å². The van der Waals surface area contributed by atoms with Gasteiger partial charge in [0.2, 0.25) is 5.91 Å². The van der Waals surface area contributed by atoms with Crippen LogP contribution in [0.5, 0.6) is 0 Å². The van der Waals surface area contributed by atoms with Crippen LogP contribution in [-0.2, 0) is 4.79 Å². The second-order valence-electron chi connectivity index (χ2n) is 7.04. The summed E-state index contributed by atoms with van der Waals surface area (Å²) in [5, 5.41) is 1.78. The van der Waals surface area contributed by atoms with Gasteiger partial charge in [0.15, 0.2) is 0 Å². The van der Waals surface area contributed by atoms with E-state index in [1.807, 2.05) is 43.0 Å². The number of para-hydroxylation sites is 1. The third-order valence-corrected chi connectivity index (χ3v) is 5.59. The van der Waals surface area contributed by atoms with Gasteiger partial charge in [-0.05, 0) is 38.2 Å². The minimum atomic E-state index is -0.139. The van der Waals surface area contributed by atoms with Gasteiger partial charge in [0.25, 0.3) is 0 Å². The third-order valence-electron chi connectivity index (χ3n) is 4.50. The summed E-state index contributed by atoms with van der Waals surface area (Å²) in [6, 6.07) is 7.99. The summed E-state index contributed by atoms with van der Waals surface area (Å²) in [6.45, 7) is 10.1. The minimum Gasteiger partial charge on any atom is -0.341 e. The average Bonchev–Trinajstić information content (AvgIpc) is 2.53. The number of fused-ring (bicyclic) bond motifs is 1. The van der Waals surface area contributed by atoms with Crippen LogP contribution in [0.25, 0.3) is 10.9 Å². The molecule has 1 saturated heterocycles. The van der Waals surface area contributed by atoms with E-state index >= 15 is 0 Å². The van der Waals surface area contributed by atoms with Gasteiger partial charge in [-0.3, -0.25) is 4.79 Å². The Morgan fingerprint density at radius 2 is 1.88 bits per heavy atom.